The van der Waals surface area contributed by atoms with E-state index in [2.05, 4.69) is 11.8 Å². The van der Waals surface area contributed by atoms with Crippen LogP contribution in [0.3, 0.4) is 0 Å². The molecule has 0 saturated carbocycles. The van der Waals surface area contributed by atoms with Crippen LogP contribution < -0.4 is 0 Å². The maximum Gasteiger partial charge on any atom is 0.237 e. The zero-order valence-corrected chi connectivity index (χ0v) is 9.81. The third-order valence-corrected chi connectivity index (χ3v) is 3.05. The molecule has 0 saturated heterocycles. The first-order valence-corrected chi connectivity index (χ1v) is 5.87. The molecule has 1 aromatic heterocycles. The lowest BCUT2D eigenvalue weighted by atomic mass is 10.1. The van der Waals surface area contributed by atoms with E-state index in [0.717, 1.165) is 4.88 Å². The van der Waals surface area contributed by atoms with Gasteiger partial charge in [0.05, 0.1) is 9.90 Å². The summed E-state index contributed by atoms with van der Waals surface area (Å²) in [6.45, 7) is 0. The van der Waals surface area contributed by atoms with E-state index in [1.807, 2.05) is 17.5 Å². The van der Waals surface area contributed by atoms with E-state index in [4.69, 9.17) is 11.6 Å². The molecule has 1 aromatic carbocycles. The molecule has 0 aliphatic rings. The molecule has 0 N–H and O–H groups in total. The predicted octanol–water partition coefficient (Wildman–Crippen LogP) is 3.64. The summed E-state index contributed by atoms with van der Waals surface area (Å²) in [5.41, 5.74) is 0.452. The van der Waals surface area contributed by atoms with Crippen molar-refractivity contribution in [1.82, 2.24) is 0 Å². The number of halogens is 1. The number of ketones is 1. The zero-order chi connectivity index (χ0) is 11.4. The van der Waals surface area contributed by atoms with Crippen molar-refractivity contribution in [3.8, 4) is 11.8 Å². The number of hydrogen-bond acceptors (Lipinski definition) is 2. The normalized spacial score (nSPS) is 9.31. The number of rotatable bonds is 1. The van der Waals surface area contributed by atoms with E-state index in [1.54, 1.807) is 24.3 Å². The van der Waals surface area contributed by atoms with Gasteiger partial charge in [0.1, 0.15) is 0 Å². The maximum atomic E-state index is 11.7. The van der Waals surface area contributed by atoms with E-state index in [1.165, 1.54) is 11.3 Å². The van der Waals surface area contributed by atoms with Crippen LogP contribution in [0.5, 0.6) is 0 Å². The summed E-state index contributed by atoms with van der Waals surface area (Å²) in [6.07, 6.45) is 0. The van der Waals surface area contributed by atoms with Gasteiger partial charge in [-0.3, -0.25) is 4.79 Å². The summed E-state index contributed by atoms with van der Waals surface area (Å²) in [6, 6.07) is 10.7. The fourth-order valence-electron chi connectivity index (χ4n) is 1.18. The summed E-state index contributed by atoms with van der Waals surface area (Å²) < 4.78 is 0. The Kier molecular flexibility index (Phi) is 3.40. The molecule has 0 aliphatic heterocycles. The van der Waals surface area contributed by atoms with Gasteiger partial charge in [0.25, 0.3) is 0 Å². The van der Waals surface area contributed by atoms with Gasteiger partial charge in [-0.2, -0.15) is 0 Å². The van der Waals surface area contributed by atoms with Crippen molar-refractivity contribution in [3.05, 3.63) is 57.2 Å². The smallest absolute Gasteiger partial charge is 0.237 e. The second kappa shape index (κ2) is 4.98. The van der Waals surface area contributed by atoms with Gasteiger partial charge < -0.3 is 0 Å². The molecule has 0 aliphatic carbocycles. The second-order valence-electron chi connectivity index (χ2n) is 3.04. The van der Waals surface area contributed by atoms with Crippen LogP contribution >= 0.6 is 22.9 Å². The highest BCUT2D eigenvalue weighted by Gasteiger charge is 2.05. The molecule has 3 heteroatoms. The Morgan fingerprint density at radius 2 is 2.00 bits per heavy atom. The molecule has 1 heterocycles. The first-order valence-electron chi connectivity index (χ1n) is 4.62. The quantitative estimate of drug-likeness (QED) is 0.555. The molecule has 0 radical (unpaired) electrons. The minimum atomic E-state index is -0.251. The molecule has 0 atom stereocenters. The van der Waals surface area contributed by atoms with E-state index in [9.17, 15) is 4.79 Å². The van der Waals surface area contributed by atoms with Crippen LogP contribution in [0.15, 0.2) is 41.8 Å². The Labute approximate surface area is 103 Å². The number of carbonyl (C=O) groups is 1. The highest BCUT2D eigenvalue weighted by Crippen LogP contribution is 2.15. The Balaban J connectivity index is 2.24. The van der Waals surface area contributed by atoms with E-state index in [-0.39, 0.29) is 5.78 Å². The molecular weight excluding hydrogens is 240 g/mol. The van der Waals surface area contributed by atoms with Gasteiger partial charge in [-0.05, 0) is 35.4 Å². The van der Waals surface area contributed by atoms with Gasteiger partial charge in [0.15, 0.2) is 0 Å². The van der Waals surface area contributed by atoms with Gasteiger partial charge in [0.2, 0.25) is 5.78 Å². The van der Waals surface area contributed by atoms with Gasteiger partial charge in [-0.25, -0.2) is 0 Å². The molecule has 2 rings (SSSR count). The van der Waals surface area contributed by atoms with Crippen LogP contribution in [0.4, 0.5) is 0 Å². The largest absolute Gasteiger partial charge is 0.279 e. The number of thiophene rings is 1. The average Bonchev–Trinajstić information content (AvgIpc) is 2.79. The van der Waals surface area contributed by atoms with Crippen molar-refractivity contribution in [2.75, 3.05) is 0 Å². The summed E-state index contributed by atoms with van der Waals surface area (Å²) in [4.78, 5) is 12.6. The number of carbonyl (C=O) groups excluding carboxylic acids is 1. The fourth-order valence-corrected chi connectivity index (χ4v) is 1.97. The molecule has 1 nitrogen and oxygen atoms in total. The van der Waals surface area contributed by atoms with Crippen LogP contribution in [0.1, 0.15) is 15.2 Å². The van der Waals surface area contributed by atoms with Crippen molar-refractivity contribution in [2.45, 2.75) is 0 Å². The lowest BCUT2D eigenvalue weighted by molar-refractivity contribution is 0.105. The summed E-state index contributed by atoms with van der Waals surface area (Å²) in [5.74, 6) is 5.14. The molecule has 0 spiro atoms. The van der Waals surface area contributed by atoms with E-state index >= 15 is 0 Å². The Morgan fingerprint density at radius 1 is 1.19 bits per heavy atom. The number of Topliss-reactive ketones (excluding diaryl/α,β-unsaturated/α-hetero) is 1. The molecule has 0 unspecified atom stereocenters. The van der Waals surface area contributed by atoms with Crippen molar-refractivity contribution in [3.63, 3.8) is 0 Å². The molecule has 78 valence electrons. The Morgan fingerprint density at radius 3 is 2.69 bits per heavy atom. The van der Waals surface area contributed by atoms with Crippen molar-refractivity contribution >= 4 is 28.7 Å². The van der Waals surface area contributed by atoms with Gasteiger partial charge >= 0.3 is 0 Å². The third-order valence-electron chi connectivity index (χ3n) is 1.94. The monoisotopic (exact) mass is 246 g/mol. The fraction of sp³-hybridized carbons (Fsp3) is 0. The molecule has 0 bridgehead atoms. The highest BCUT2D eigenvalue weighted by molar-refractivity contribution is 7.10. The lowest BCUT2D eigenvalue weighted by Crippen LogP contribution is -1.95. The average molecular weight is 247 g/mol. The Hall–Kier alpha value is -1.56. The number of hydrogen-bond donors (Lipinski definition) is 0. The standard InChI is InChI=1S/C13H7ClOS/c14-12-6-2-1-5-11(12)13(15)8-7-10-4-3-9-16-10/h1-6,9H. The van der Waals surface area contributed by atoms with Gasteiger partial charge in [-0.1, -0.05) is 29.8 Å². The van der Waals surface area contributed by atoms with Gasteiger partial charge in [-0.15, -0.1) is 11.3 Å². The van der Waals surface area contributed by atoms with Crippen LogP contribution in [-0.4, -0.2) is 5.78 Å². The van der Waals surface area contributed by atoms with Crippen LogP contribution in [-0.2, 0) is 0 Å². The summed E-state index contributed by atoms with van der Waals surface area (Å²) >= 11 is 7.40. The highest BCUT2D eigenvalue weighted by atomic mass is 35.5. The zero-order valence-electron chi connectivity index (χ0n) is 8.24. The summed E-state index contributed by atoms with van der Waals surface area (Å²) in [5, 5.41) is 2.36. The van der Waals surface area contributed by atoms with Crippen LogP contribution in [0.2, 0.25) is 5.02 Å². The molecule has 0 amide bonds. The van der Waals surface area contributed by atoms with E-state index < -0.39 is 0 Å². The Bertz CT molecular complexity index is 561. The van der Waals surface area contributed by atoms with Gasteiger partial charge in [0, 0.05) is 5.56 Å². The molecular formula is C13H7ClOS. The van der Waals surface area contributed by atoms with Crippen molar-refractivity contribution in [2.24, 2.45) is 0 Å². The first-order chi connectivity index (χ1) is 7.77. The number of benzene rings is 1. The maximum absolute atomic E-state index is 11.7. The molecule has 2 aromatic rings. The minimum Gasteiger partial charge on any atom is -0.279 e. The van der Waals surface area contributed by atoms with Crippen molar-refractivity contribution in [1.29, 1.82) is 0 Å². The van der Waals surface area contributed by atoms with Crippen LogP contribution in [0.25, 0.3) is 0 Å². The topological polar surface area (TPSA) is 17.1 Å². The SMILES string of the molecule is O=C(C#Cc1cccs1)c1ccccc1Cl. The molecule has 0 fully saturated rings. The summed E-state index contributed by atoms with van der Waals surface area (Å²) in [7, 11) is 0. The third kappa shape index (κ3) is 2.52. The molecule has 16 heavy (non-hydrogen) atoms. The van der Waals surface area contributed by atoms with E-state index in [0.29, 0.717) is 10.6 Å². The predicted molar refractivity (Wildman–Crippen MR) is 67.0 cm³/mol. The lowest BCUT2D eigenvalue weighted by Gasteiger charge is -1.95. The first kappa shape index (κ1) is 10.9. The van der Waals surface area contributed by atoms with Crippen LogP contribution in [0, 0.1) is 11.8 Å². The minimum absolute atomic E-state index is 0.251. The second-order valence-corrected chi connectivity index (χ2v) is 4.39. The van der Waals surface area contributed by atoms with Crippen molar-refractivity contribution < 1.29 is 4.79 Å².